The van der Waals surface area contributed by atoms with Crippen LogP contribution in [0.25, 0.3) is 0 Å². The quantitative estimate of drug-likeness (QED) is 0.646. The highest BCUT2D eigenvalue weighted by molar-refractivity contribution is 8.00. The molecule has 3 N–H and O–H groups in total. The van der Waals surface area contributed by atoms with Crippen molar-refractivity contribution >= 4 is 17.7 Å². The Morgan fingerprint density at radius 2 is 2.18 bits per heavy atom. The number of nitrogens with one attached hydrogen (secondary N) is 1. The molecule has 0 aliphatic heterocycles. The predicted molar refractivity (Wildman–Crippen MR) is 63.2 cm³/mol. The van der Waals surface area contributed by atoms with Gasteiger partial charge in [0.1, 0.15) is 5.82 Å². The molecule has 1 aromatic rings. The van der Waals surface area contributed by atoms with Gasteiger partial charge in [0.25, 0.3) is 0 Å². The maximum Gasteiger partial charge on any atom is 0.230 e. The van der Waals surface area contributed by atoms with Gasteiger partial charge in [-0.05, 0) is 12.1 Å². The fourth-order valence-electron chi connectivity index (χ4n) is 1.05. The third kappa shape index (κ3) is 5.16. The van der Waals surface area contributed by atoms with Crippen LogP contribution < -0.4 is 5.32 Å². The topological polar surface area (TPSA) is 69.6 Å². The first kappa shape index (κ1) is 14.0. The van der Waals surface area contributed by atoms with Crippen molar-refractivity contribution in [1.29, 1.82) is 0 Å². The van der Waals surface area contributed by atoms with Crippen LogP contribution in [0.3, 0.4) is 0 Å². The second-order valence-corrected chi connectivity index (χ2v) is 4.38. The lowest BCUT2D eigenvalue weighted by molar-refractivity contribution is -0.119. The van der Waals surface area contributed by atoms with Gasteiger partial charge in [0.05, 0.1) is 18.5 Å². The molecule has 1 amide bonds. The number of rotatable bonds is 6. The molecule has 1 rings (SSSR count). The van der Waals surface area contributed by atoms with E-state index in [4.69, 9.17) is 10.2 Å². The maximum atomic E-state index is 13.2. The Morgan fingerprint density at radius 3 is 2.82 bits per heavy atom. The minimum Gasteiger partial charge on any atom is -0.394 e. The molecule has 0 saturated carbocycles. The first-order valence-corrected chi connectivity index (χ1v) is 6.05. The molecule has 0 aliphatic rings. The maximum absolute atomic E-state index is 13.2. The zero-order chi connectivity index (χ0) is 12.7. The summed E-state index contributed by atoms with van der Waals surface area (Å²) in [5, 5.41) is 20.0. The second kappa shape index (κ2) is 7.26. The van der Waals surface area contributed by atoms with Crippen LogP contribution in [0.1, 0.15) is 0 Å². The standard InChI is InChI=1S/C11H14FNO3S/c12-9-3-1-2-4-10(9)17-7-11(16)13-5-8(15)6-14/h1-4,8,14-15H,5-7H2,(H,13,16). The zero-order valence-electron chi connectivity index (χ0n) is 9.10. The summed E-state index contributed by atoms with van der Waals surface area (Å²) in [6, 6.07) is 6.20. The molecule has 0 saturated heterocycles. The summed E-state index contributed by atoms with van der Waals surface area (Å²) >= 11 is 1.08. The van der Waals surface area contributed by atoms with Crippen molar-refractivity contribution in [3.05, 3.63) is 30.1 Å². The first-order valence-electron chi connectivity index (χ1n) is 5.06. The van der Waals surface area contributed by atoms with Crippen molar-refractivity contribution in [2.75, 3.05) is 18.9 Å². The number of hydrogen-bond acceptors (Lipinski definition) is 4. The van der Waals surface area contributed by atoms with E-state index in [0.717, 1.165) is 11.8 Å². The lowest BCUT2D eigenvalue weighted by Crippen LogP contribution is -2.34. The highest BCUT2D eigenvalue weighted by atomic mass is 32.2. The van der Waals surface area contributed by atoms with E-state index < -0.39 is 12.7 Å². The van der Waals surface area contributed by atoms with E-state index in [1.807, 2.05) is 0 Å². The summed E-state index contributed by atoms with van der Waals surface area (Å²) in [5.41, 5.74) is 0. The van der Waals surface area contributed by atoms with Crippen LogP contribution in [0.5, 0.6) is 0 Å². The molecular formula is C11H14FNO3S. The minimum absolute atomic E-state index is 0.00678. The van der Waals surface area contributed by atoms with Gasteiger partial charge in [0.15, 0.2) is 0 Å². The van der Waals surface area contributed by atoms with Gasteiger partial charge in [-0.2, -0.15) is 0 Å². The number of hydrogen-bond donors (Lipinski definition) is 3. The molecule has 17 heavy (non-hydrogen) atoms. The summed E-state index contributed by atoms with van der Waals surface area (Å²) in [6.45, 7) is -0.409. The fourth-order valence-corrected chi connectivity index (χ4v) is 1.82. The lowest BCUT2D eigenvalue weighted by Gasteiger charge is -2.08. The SMILES string of the molecule is O=C(CSc1ccccc1F)NCC(O)CO. The summed E-state index contributed by atoms with van der Waals surface area (Å²) in [5.74, 6) is -0.606. The summed E-state index contributed by atoms with van der Waals surface area (Å²) < 4.78 is 13.2. The Kier molecular flexibility index (Phi) is 5.96. The van der Waals surface area contributed by atoms with Crippen LogP contribution in [-0.2, 0) is 4.79 Å². The molecule has 1 unspecified atom stereocenters. The molecule has 0 spiro atoms. The molecule has 0 fully saturated rings. The van der Waals surface area contributed by atoms with Crippen LogP contribution in [0.15, 0.2) is 29.2 Å². The van der Waals surface area contributed by atoms with Crippen LogP contribution in [-0.4, -0.2) is 41.1 Å². The number of benzene rings is 1. The first-order chi connectivity index (χ1) is 8.13. The molecule has 0 heterocycles. The van der Waals surface area contributed by atoms with Gasteiger partial charge < -0.3 is 15.5 Å². The van der Waals surface area contributed by atoms with E-state index in [2.05, 4.69) is 5.32 Å². The zero-order valence-corrected chi connectivity index (χ0v) is 9.91. The molecule has 6 heteroatoms. The smallest absolute Gasteiger partial charge is 0.230 e. The van der Waals surface area contributed by atoms with Gasteiger partial charge in [0.2, 0.25) is 5.91 Å². The van der Waals surface area contributed by atoms with Gasteiger partial charge in [-0.3, -0.25) is 4.79 Å². The Hall–Kier alpha value is -1.11. The Bertz CT molecular complexity index is 375. The van der Waals surface area contributed by atoms with Crippen molar-refractivity contribution in [2.45, 2.75) is 11.0 Å². The van der Waals surface area contributed by atoms with Crippen molar-refractivity contribution < 1.29 is 19.4 Å². The number of aliphatic hydroxyl groups excluding tert-OH is 2. The van der Waals surface area contributed by atoms with Gasteiger partial charge in [-0.15, -0.1) is 11.8 Å². The third-order valence-corrected chi connectivity index (χ3v) is 2.99. The molecule has 4 nitrogen and oxygen atoms in total. The van der Waals surface area contributed by atoms with E-state index in [-0.39, 0.29) is 24.0 Å². The molecule has 94 valence electrons. The monoisotopic (exact) mass is 259 g/mol. The van der Waals surface area contributed by atoms with Crippen molar-refractivity contribution in [3.8, 4) is 0 Å². The number of carbonyl (C=O) groups excluding carboxylic acids is 1. The van der Waals surface area contributed by atoms with E-state index in [0.29, 0.717) is 4.90 Å². The Labute approximate surface area is 103 Å². The Balaban J connectivity index is 2.31. The van der Waals surface area contributed by atoms with E-state index in [1.54, 1.807) is 18.2 Å². The summed E-state index contributed by atoms with van der Waals surface area (Å²) in [7, 11) is 0. The van der Waals surface area contributed by atoms with E-state index in [9.17, 15) is 9.18 Å². The Morgan fingerprint density at radius 1 is 1.47 bits per heavy atom. The van der Waals surface area contributed by atoms with Gasteiger partial charge in [0, 0.05) is 11.4 Å². The highest BCUT2D eigenvalue weighted by Gasteiger charge is 2.08. The largest absolute Gasteiger partial charge is 0.394 e. The van der Waals surface area contributed by atoms with Gasteiger partial charge in [-0.25, -0.2) is 4.39 Å². The van der Waals surface area contributed by atoms with Crippen LogP contribution in [0.2, 0.25) is 0 Å². The van der Waals surface area contributed by atoms with E-state index >= 15 is 0 Å². The molecule has 0 aromatic heterocycles. The average molecular weight is 259 g/mol. The van der Waals surface area contributed by atoms with Crippen LogP contribution in [0.4, 0.5) is 4.39 Å². The van der Waals surface area contributed by atoms with Crippen LogP contribution >= 0.6 is 11.8 Å². The minimum atomic E-state index is -0.961. The van der Waals surface area contributed by atoms with Gasteiger partial charge in [-0.1, -0.05) is 12.1 Å². The lowest BCUT2D eigenvalue weighted by atomic mass is 10.3. The molecule has 1 atom stereocenters. The predicted octanol–water partition coefficient (Wildman–Crippen LogP) is 0.387. The van der Waals surface area contributed by atoms with Gasteiger partial charge >= 0.3 is 0 Å². The average Bonchev–Trinajstić information content (AvgIpc) is 2.35. The number of thioether (sulfide) groups is 1. The van der Waals surface area contributed by atoms with Crippen LogP contribution in [0, 0.1) is 5.82 Å². The van der Waals surface area contributed by atoms with Crippen molar-refractivity contribution in [3.63, 3.8) is 0 Å². The normalized spacial score (nSPS) is 12.2. The molecule has 0 bridgehead atoms. The van der Waals surface area contributed by atoms with Crippen molar-refractivity contribution in [1.82, 2.24) is 5.32 Å². The number of carbonyl (C=O) groups is 1. The van der Waals surface area contributed by atoms with Crippen molar-refractivity contribution in [2.24, 2.45) is 0 Å². The highest BCUT2D eigenvalue weighted by Crippen LogP contribution is 2.20. The fraction of sp³-hybridized carbons (Fsp3) is 0.364. The second-order valence-electron chi connectivity index (χ2n) is 3.36. The summed E-state index contributed by atoms with van der Waals surface area (Å²) in [6.07, 6.45) is -0.961. The molecule has 1 aromatic carbocycles. The number of amides is 1. The third-order valence-electron chi connectivity index (χ3n) is 1.94. The molecule has 0 aliphatic carbocycles. The summed E-state index contributed by atoms with van der Waals surface area (Å²) in [4.78, 5) is 11.7. The van der Waals surface area contributed by atoms with E-state index in [1.165, 1.54) is 6.07 Å². The number of halogens is 1. The number of aliphatic hydroxyl groups is 2. The molecular weight excluding hydrogens is 245 g/mol. The molecule has 0 radical (unpaired) electrons.